The minimum Gasteiger partial charge on any atom is -0.314 e. The number of anilines is 1. The molecule has 0 saturated heterocycles. The van der Waals surface area contributed by atoms with E-state index >= 15 is 0 Å². The Morgan fingerprint density at radius 3 is 2.19 bits per heavy atom. The molecule has 2 rings (SSSR count). The van der Waals surface area contributed by atoms with E-state index < -0.39 is 6.03 Å². The predicted octanol–water partition coefficient (Wildman–Crippen LogP) is 5.44. The van der Waals surface area contributed by atoms with Crippen molar-refractivity contribution in [2.75, 3.05) is 5.32 Å². The lowest BCUT2D eigenvalue weighted by Gasteiger charge is -2.08. The van der Waals surface area contributed by atoms with Crippen LogP contribution in [-0.2, 0) is 0 Å². The van der Waals surface area contributed by atoms with Gasteiger partial charge >= 0.3 is 6.03 Å². The predicted molar refractivity (Wildman–Crippen MR) is 89.1 cm³/mol. The average Bonchev–Trinajstić information content (AvgIpc) is 2.45. The van der Waals surface area contributed by atoms with Gasteiger partial charge in [0, 0.05) is 11.2 Å². The zero-order valence-electron chi connectivity index (χ0n) is 10.7. The first-order valence-corrected chi connectivity index (χ1v) is 7.13. The average molecular weight is 342 g/mol. The lowest BCUT2D eigenvalue weighted by molar-refractivity contribution is 0.255. The molecule has 0 aliphatic rings. The highest BCUT2D eigenvalue weighted by Gasteiger charge is 2.07. The van der Waals surface area contributed by atoms with Crippen LogP contribution in [0.25, 0.3) is 6.08 Å². The van der Waals surface area contributed by atoms with E-state index in [9.17, 15) is 4.79 Å². The van der Waals surface area contributed by atoms with E-state index in [0.29, 0.717) is 20.8 Å². The molecule has 0 unspecified atom stereocenters. The van der Waals surface area contributed by atoms with E-state index in [0.717, 1.165) is 5.56 Å². The largest absolute Gasteiger partial charge is 0.323 e. The molecule has 2 N–H and O–H groups in total. The van der Waals surface area contributed by atoms with Gasteiger partial charge in [0.2, 0.25) is 0 Å². The molecule has 0 bridgehead atoms. The summed E-state index contributed by atoms with van der Waals surface area (Å²) < 4.78 is 0. The summed E-state index contributed by atoms with van der Waals surface area (Å²) in [5.41, 5.74) is 1.29. The standard InChI is InChI=1S/C15H11Cl3N2O/c16-11-6-4-10(5-7-11)8-9-19-15(21)20-14-12(17)2-1-3-13(14)18/h1-9H,(H2,19,20,21)/b9-8+. The highest BCUT2D eigenvalue weighted by molar-refractivity contribution is 6.39. The van der Waals surface area contributed by atoms with E-state index in [1.165, 1.54) is 6.20 Å². The van der Waals surface area contributed by atoms with E-state index in [1.54, 1.807) is 36.4 Å². The SMILES string of the molecule is O=C(N/C=C/c1ccc(Cl)cc1)Nc1c(Cl)cccc1Cl. The molecule has 3 nitrogen and oxygen atoms in total. The fraction of sp³-hybridized carbons (Fsp3) is 0. The van der Waals surface area contributed by atoms with Crippen LogP contribution in [0.3, 0.4) is 0 Å². The normalized spacial score (nSPS) is 10.6. The molecule has 0 aromatic heterocycles. The molecule has 0 spiro atoms. The van der Waals surface area contributed by atoms with Crippen molar-refractivity contribution in [1.29, 1.82) is 0 Å². The first-order chi connectivity index (χ1) is 10.1. The number of amides is 2. The summed E-state index contributed by atoms with van der Waals surface area (Å²) in [6.45, 7) is 0. The Balaban J connectivity index is 1.95. The molecular formula is C15H11Cl3N2O. The van der Waals surface area contributed by atoms with E-state index in [1.807, 2.05) is 12.1 Å². The van der Waals surface area contributed by atoms with Crippen LogP contribution in [0, 0.1) is 0 Å². The zero-order chi connectivity index (χ0) is 15.2. The van der Waals surface area contributed by atoms with Crippen molar-refractivity contribution in [3.05, 3.63) is 69.3 Å². The number of nitrogens with one attached hydrogen (secondary N) is 2. The van der Waals surface area contributed by atoms with Gasteiger partial charge in [-0.3, -0.25) is 0 Å². The van der Waals surface area contributed by atoms with Gasteiger partial charge in [-0.15, -0.1) is 0 Å². The monoisotopic (exact) mass is 340 g/mol. The number of carbonyl (C=O) groups excluding carboxylic acids is 1. The van der Waals surface area contributed by atoms with Gasteiger partial charge in [-0.05, 0) is 35.9 Å². The number of carbonyl (C=O) groups is 1. The van der Waals surface area contributed by atoms with Gasteiger partial charge in [0.1, 0.15) is 0 Å². The smallest absolute Gasteiger partial charge is 0.314 e. The number of rotatable bonds is 3. The van der Waals surface area contributed by atoms with Gasteiger partial charge in [0.15, 0.2) is 0 Å². The number of benzene rings is 2. The highest BCUT2D eigenvalue weighted by Crippen LogP contribution is 2.29. The maximum Gasteiger partial charge on any atom is 0.323 e. The van der Waals surface area contributed by atoms with Gasteiger partial charge in [0.25, 0.3) is 0 Å². The molecule has 2 amide bonds. The highest BCUT2D eigenvalue weighted by atomic mass is 35.5. The molecule has 0 aliphatic carbocycles. The van der Waals surface area contributed by atoms with Crippen molar-refractivity contribution in [3.8, 4) is 0 Å². The molecule has 108 valence electrons. The molecule has 0 fully saturated rings. The summed E-state index contributed by atoms with van der Waals surface area (Å²) in [4.78, 5) is 11.7. The topological polar surface area (TPSA) is 41.1 Å². The van der Waals surface area contributed by atoms with Crippen LogP contribution in [0.1, 0.15) is 5.56 Å². The van der Waals surface area contributed by atoms with Crippen LogP contribution in [0.2, 0.25) is 15.1 Å². The minimum atomic E-state index is -0.435. The first-order valence-electron chi connectivity index (χ1n) is 6.00. The number of urea groups is 1. The number of halogens is 3. The molecule has 0 radical (unpaired) electrons. The summed E-state index contributed by atoms with van der Waals surface area (Å²) in [6, 6.07) is 11.8. The van der Waals surface area contributed by atoms with Crippen LogP contribution < -0.4 is 10.6 Å². The number of hydrogen-bond donors (Lipinski definition) is 2. The Bertz CT molecular complexity index is 649. The maximum absolute atomic E-state index is 11.7. The van der Waals surface area contributed by atoms with Crippen LogP contribution in [0.4, 0.5) is 10.5 Å². The van der Waals surface area contributed by atoms with Crippen molar-refractivity contribution in [3.63, 3.8) is 0 Å². The Morgan fingerprint density at radius 2 is 1.57 bits per heavy atom. The second kappa shape index (κ2) is 7.36. The molecule has 0 saturated carbocycles. The summed E-state index contributed by atoms with van der Waals surface area (Å²) in [5.74, 6) is 0. The Morgan fingerprint density at radius 1 is 0.952 bits per heavy atom. The fourth-order valence-electron chi connectivity index (χ4n) is 1.55. The quantitative estimate of drug-likeness (QED) is 0.767. The van der Waals surface area contributed by atoms with Crippen LogP contribution in [0.5, 0.6) is 0 Å². The van der Waals surface area contributed by atoms with Crippen molar-refractivity contribution in [2.24, 2.45) is 0 Å². The molecule has 2 aromatic rings. The van der Waals surface area contributed by atoms with Crippen molar-refractivity contribution in [1.82, 2.24) is 5.32 Å². The van der Waals surface area contributed by atoms with Gasteiger partial charge in [-0.25, -0.2) is 4.79 Å². The van der Waals surface area contributed by atoms with E-state index in [4.69, 9.17) is 34.8 Å². The van der Waals surface area contributed by atoms with Crippen molar-refractivity contribution in [2.45, 2.75) is 0 Å². The van der Waals surface area contributed by atoms with Crippen LogP contribution in [0.15, 0.2) is 48.7 Å². The third-order valence-electron chi connectivity index (χ3n) is 2.56. The summed E-state index contributed by atoms with van der Waals surface area (Å²) >= 11 is 17.7. The van der Waals surface area contributed by atoms with Gasteiger partial charge in [-0.1, -0.05) is 53.0 Å². The number of hydrogen-bond acceptors (Lipinski definition) is 1. The van der Waals surface area contributed by atoms with Crippen LogP contribution in [-0.4, -0.2) is 6.03 Å². The van der Waals surface area contributed by atoms with Crippen molar-refractivity contribution < 1.29 is 4.79 Å². The van der Waals surface area contributed by atoms with Gasteiger partial charge in [-0.2, -0.15) is 0 Å². The second-order valence-corrected chi connectivity index (χ2v) is 5.33. The molecule has 6 heteroatoms. The molecule has 0 atom stereocenters. The molecule has 0 heterocycles. The Kier molecular flexibility index (Phi) is 5.51. The molecule has 0 aliphatic heterocycles. The molecular weight excluding hydrogens is 331 g/mol. The van der Waals surface area contributed by atoms with Gasteiger partial charge in [0.05, 0.1) is 15.7 Å². The Hall–Kier alpha value is -1.68. The first kappa shape index (κ1) is 15.7. The molecule has 2 aromatic carbocycles. The fourth-order valence-corrected chi connectivity index (χ4v) is 2.17. The summed E-state index contributed by atoms with van der Waals surface area (Å²) in [6.07, 6.45) is 3.26. The van der Waals surface area contributed by atoms with Crippen LogP contribution >= 0.6 is 34.8 Å². The Labute approximate surface area is 137 Å². The maximum atomic E-state index is 11.7. The van der Waals surface area contributed by atoms with Gasteiger partial charge < -0.3 is 10.6 Å². The summed E-state index contributed by atoms with van der Waals surface area (Å²) in [5, 5.41) is 6.56. The third-order valence-corrected chi connectivity index (χ3v) is 3.44. The lowest BCUT2D eigenvalue weighted by Crippen LogP contribution is -2.24. The summed E-state index contributed by atoms with van der Waals surface area (Å²) in [7, 11) is 0. The second-order valence-electron chi connectivity index (χ2n) is 4.08. The lowest BCUT2D eigenvalue weighted by atomic mass is 10.2. The molecule has 21 heavy (non-hydrogen) atoms. The van der Waals surface area contributed by atoms with E-state index in [2.05, 4.69) is 10.6 Å². The van der Waals surface area contributed by atoms with E-state index in [-0.39, 0.29) is 0 Å². The van der Waals surface area contributed by atoms with Crippen molar-refractivity contribution >= 4 is 52.6 Å². The minimum absolute atomic E-state index is 0.373. The number of para-hydroxylation sites is 1. The zero-order valence-corrected chi connectivity index (χ0v) is 13.0. The third kappa shape index (κ3) is 4.67.